The topological polar surface area (TPSA) is 126 Å². The van der Waals surface area contributed by atoms with E-state index in [9.17, 15) is 19.2 Å². The van der Waals surface area contributed by atoms with Crippen LogP contribution in [0.25, 0.3) is 0 Å². The molecule has 194 valence electrons. The average molecular weight is 502 g/mol. The van der Waals surface area contributed by atoms with Crippen molar-refractivity contribution in [2.75, 3.05) is 7.11 Å². The van der Waals surface area contributed by atoms with Crippen LogP contribution in [0.1, 0.15) is 44.9 Å². The van der Waals surface area contributed by atoms with Crippen LogP contribution in [0.2, 0.25) is 0 Å². The molecule has 0 heterocycles. The molecule has 0 saturated carbocycles. The Labute approximate surface area is 209 Å². The molecule has 0 radical (unpaired) electrons. The number of nitrogens with one attached hydrogen (secondary N) is 1. The van der Waals surface area contributed by atoms with E-state index in [2.05, 4.69) is 5.32 Å². The van der Waals surface area contributed by atoms with Crippen molar-refractivity contribution in [3.05, 3.63) is 65.7 Å². The zero-order valence-corrected chi connectivity index (χ0v) is 20.9. The molecule has 10 heteroatoms. The highest BCUT2D eigenvalue weighted by atomic mass is 16.6. The van der Waals surface area contributed by atoms with Crippen LogP contribution < -0.4 is 10.1 Å². The molecule has 2 aromatic rings. The van der Waals surface area contributed by atoms with Gasteiger partial charge in [-0.2, -0.15) is 0 Å². The van der Waals surface area contributed by atoms with Crippen LogP contribution in [0.15, 0.2) is 54.6 Å². The van der Waals surface area contributed by atoms with Gasteiger partial charge < -0.3 is 29.0 Å². The van der Waals surface area contributed by atoms with Crippen LogP contribution in [0.5, 0.6) is 5.75 Å². The number of hydrogen-bond donors (Lipinski definition) is 1. The van der Waals surface area contributed by atoms with E-state index in [1.807, 2.05) is 18.2 Å². The second-order valence-electron chi connectivity index (χ2n) is 7.95. The lowest BCUT2D eigenvalue weighted by Gasteiger charge is -2.35. The summed E-state index contributed by atoms with van der Waals surface area (Å²) in [6.45, 7) is 5.11. The summed E-state index contributed by atoms with van der Waals surface area (Å²) in [6, 6.07) is 14.7. The molecular weight excluding hydrogens is 470 g/mol. The van der Waals surface area contributed by atoms with E-state index in [0.29, 0.717) is 11.3 Å². The second-order valence-corrected chi connectivity index (χ2v) is 7.95. The molecule has 1 N–H and O–H groups in total. The summed E-state index contributed by atoms with van der Waals surface area (Å²) in [5.74, 6) is -1.50. The average Bonchev–Trinajstić information content (AvgIpc) is 2.83. The van der Waals surface area contributed by atoms with Gasteiger partial charge in [0.05, 0.1) is 13.2 Å². The highest BCUT2D eigenvalue weighted by Gasteiger charge is 2.41. The third-order valence-corrected chi connectivity index (χ3v) is 5.01. The van der Waals surface area contributed by atoms with Crippen molar-refractivity contribution in [2.24, 2.45) is 0 Å². The van der Waals surface area contributed by atoms with Crippen molar-refractivity contribution in [3.8, 4) is 5.75 Å². The Hall–Kier alpha value is -4.08. The Morgan fingerprint density at radius 1 is 0.778 bits per heavy atom. The largest absolute Gasteiger partial charge is 0.497 e. The fourth-order valence-electron chi connectivity index (χ4n) is 3.47. The number of hydrogen-bond acceptors (Lipinski definition) is 9. The summed E-state index contributed by atoms with van der Waals surface area (Å²) in [6.07, 6.45) is -4.47. The number of esters is 3. The number of amides is 1. The van der Waals surface area contributed by atoms with Crippen LogP contribution in [0, 0.1) is 0 Å². The van der Waals surface area contributed by atoms with E-state index >= 15 is 0 Å². The molecule has 0 aliphatic carbocycles. The van der Waals surface area contributed by atoms with Gasteiger partial charge in [-0.15, -0.1) is 0 Å². The highest BCUT2D eigenvalue weighted by Crippen LogP contribution is 2.30. The van der Waals surface area contributed by atoms with Gasteiger partial charge in [0.1, 0.15) is 12.4 Å². The molecule has 0 fully saturated rings. The smallest absolute Gasteiger partial charge is 0.407 e. The second kappa shape index (κ2) is 13.7. The van der Waals surface area contributed by atoms with E-state index < -0.39 is 48.4 Å². The monoisotopic (exact) mass is 501 g/mol. The SMILES string of the molecule is COc1ccc([C@H](OC(C)=O)[C@@H](OC(C)=O)[C@H](OC(C)=O)[C@@H](C)NC(=O)OCc2ccccc2)cc1. The van der Waals surface area contributed by atoms with E-state index in [4.69, 9.17) is 23.7 Å². The first-order chi connectivity index (χ1) is 17.1. The van der Waals surface area contributed by atoms with E-state index in [1.165, 1.54) is 27.9 Å². The van der Waals surface area contributed by atoms with Crippen LogP contribution in [0.4, 0.5) is 4.79 Å². The van der Waals surface area contributed by atoms with Crippen molar-refractivity contribution >= 4 is 24.0 Å². The Balaban J connectivity index is 2.33. The minimum atomic E-state index is -1.30. The molecule has 0 aromatic heterocycles. The zero-order chi connectivity index (χ0) is 26.7. The van der Waals surface area contributed by atoms with Gasteiger partial charge in [-0.05, 0) is 30.2 Å². The van der Waals surface area contributed by atoms with Gasteiger partial charge in [0.15, 0.2) is 18.3 Å². The predicted molar refractivity (Wildman–Crippen MR) is 128 cm³/mol. The molecule has 0 aliphatic rings. The first kappa shape index (κ1) is 28.2. The standard InChI is InChI=1S/C26H31NO9/c1-16(27-26(31)33-15-20-9-7-6-8-10-20)23(34-17(2)28)25(36-19(4)30)24(35-18(3)29)21-11-13-22(32-5)14-12-21/h6-14,16,23-25H,15H2,1-5H3,(H,27,31)/t16-,23-,24+,25+/m1/s1. The van der Waals surface area contributed by atoms with Crippen LogP contribution >= 0.6 is 0 Å². The molecule has 0 bridgehead atoms. The van der Waals surface area contributed by atoms with Gasteiger partial charge in [0.25, 0.3) is 0 Å². The number of benzene rings is 2. The number of rotatable bonds is 11. The molecule has 4 atom stereocenters. The fraction of sp³-hybridized carbons (Fsp3) is 0.385. The summed E-state index contributed by atoms with van der Waals surface area (Å²) < 4.78 is 26.9. The fourth-order valence-corrected chi connectivity index (χ4v) is 3.47. The van der Waals surface area contributed by atoms with Gasteiger partial charge in [-0.1, -0.05) is 42.5 Å². The predicted octanol–water partition coefficient (Wildman–Crippen LogP) is 3.48. The molecule has 0 spiro atoms. The third-order valence-electron chi connectivity index (χ3n) is 5.01. The van der Waals surface area contributed by atoms with Crippen LogP contribution in [-0.4, -0.2) is 49.4 Å². The summed E-state index contributed by atoms with van der Waals surface area (Å²) in [4.78, 5) is 48.5. The highest BCUT2D eigenvalue weighted by molar-refractivity contribution is 5.70. The molecule has 1 amide bonds. The number of ether oxygens (including phenoxy) is 5. The number of carbonyl (C=O) groups is 4. The van der Waals surface area contributed by atoms with Gasteiger partial charge >= 0.3 is 24.0 Å². The lowest BCUT2D eigenvalue weighted by atomic mass is 9.95. The Morgan fingerprint density at radius 2 is 1.33 bits per heavy atom. The molecule has 2 rings (SSSR count). The summed E-state index contributed by atoms with van der Waals surface area (Å²) in [5.41, 5.74) is 1.23. The van der Waals surface area contributed by atoms with Gasteiger partial charge in [-0.3, -0.25) is 14.4 Å². The van der Waals surface area contributed by atoms with Crippen molar-refractivity contribution in [2.45, 2.75) is 58.7 Å². The van der Waals surface area contributed by atoms with Crippen molar-refractivity contribution in [1.82, 2.24) is 5.32 Å². The maximum atomic E-state index is 12.5. The van der Waals surface area contributed by atoms with E-state index in [0.717, 1.165) is 5.56 Å². The Bertz CT molecular complexity index is 1020. The van der Waals surface area contributed by atoms with Crippen molar-refractivity contribution < 1.29 is 42.9 Å². The van der Waals surface area contributed by atoms with Crippen LogP contribution in [-0.2, 0) is 39.9 Å². The first-order valence-corrected chi connectivity index (χ1v) is 11.2. The lowest BCUT2D eigenvalue weighted by Crippen LogP contribution is -2.52. The zero-order valence-electron chi connectivity index (χ0n) is 20.9. The van der Waals surface area contributed by atoms with Crippen molar-refractivity contribution in [1.29, 1.82) is 0 Å². The minimum absolute atomic E-state index is 0.0208. The third kappa shape index (κ3) is 8.94. The number of alkyl carbamates (subject to hydrolysis) is 1. The van der Waals surface area contributed by atoms with Gasteiger partial charge in [-0.25, -0.2) is 4.79 Å². The summed E-state index contributed by atoms with van der Waals surface area (Å²) in [5, 5.41) is 2.60. The number of methoxy groups -OCH3 is 1. The van der Waals surface area contributed by atoms with Gasteiger partial charge in [0.2, 0.25) is 0 Å². The molecule has 2 aromatic carbocycles. The summed E-state index contributed by atoms with van der Waals surface area (Å²) in [7, 11) is 1.50. The van der Waals surface area contributed by atoms with E-state index in [1.54, 1.807) is 43.3 Å². The van der Waals surface area contributed by atoms with E-state index in [-0.39, 0.29) is 6.61 Å². The van der Waals surface area contributed by atoms with Crippen LogP contribution in [0.3, 0.4) is 0 Å². The van der Waals surface area contributed by atoms with Gasteiger partial charge in [0, 0.05) is 20.8 Å². The molecular formula is C26H31NO9. The molecule has 0 saturated heterocycles. The van der Waals surface area contributed by atoms with Crippen molar-refractivity contribution in [3.63, 3.8) is 0 Å². The first-order valence-electron chi connectivity index (χ1n) is 11.2. The Morgan fingerprint density at radius 3 is 1.86 bits per heavy atom. The lowest BCUT2D eigenvalue weighted by molar-refractivity contribution is -0.186. The number of carbonyl (C=O) groups excluding carboxylic acids is 4. The Kier molecular flexibility index (Phi) is 10.7. The summed E-state index contributed by atoms with van der Waals surface area (Å²) >= 11 is 0. The molecule has 10 nitrogen and oxygen atoms in total. The molecule has 0 aliphatic heterocycles. The minimum Gasteiger partial charge on any atom is -0.497 e. The normalized spacial score (nSPS) is 13.8. The quantitative estimate of drug-likeness (QED) is 0.364. The maximum absolute atomic E-state index is 12.5. The molecule has 36 heavy (non-hydrogen) atoms. The molecule has 0 unspecified atom stereocenters. The maximum Gasteiger partial charge on any atom is 0.407 e.